The molecule has 2 N–H and O–H groups in total. The summed E-state index contributed by atoms with van der Waals surface area (Å²) in [7, 11) is 0. The third-order valence-electron chi connectivity index (χ3n) is 3.50. The third-order valence-corrected chi connectivity index (χ3v) is 3.50. The molecule has 94 valence electrons. The van der Waals surface area contributed by atoms with Crippen molar-refractivity contribution in [3.8, 4) is 0 Å². The molecule has 2 rings (SSSR count). The predicted molar refractivity (Wildman–Crippen MR) is 58.1 cm³/mol. The lowest BCUT2D eigenvalue weighted by molar-refractivity contribution is -0.138. The lowest BCUT2D eigenvalue weighted by Crippen LogP contribution is -2.45. The van der Waals surface area contributed by atoms with E-state index in [4.69, 9.17) is 5.11 Å². The molecule has 0 aromatic rings. The summed E-state index contributed by atoms with van der Waals surface area (Å²) < 4.78 is 0. The van der Waals surface area contributed by atoms with Crippen LogP contribution in [0.1, 0.15) is 25.7 Å². The van der Waals surface area contributed by atoms with Crippen LogP contribution < -0.4 is 5.32 Å². The van der Waals surface area contributed by atoms with Gasteiger partial charge in [0.05, 0.1) is 12.5 Å². The first-order chi connectivity index (χ1) is 8.06. The fourth-order valence-electron chi connectivity index (χ4n) is 2.55. The molecule has 2 saturated heterocycles. The Morgan fingerprint density at radius 3 is 2.47 bits per heavy atom. The highest BCUT2D eigenvalue weighted by atomic mass is 16.4. The number of hydrogen-bond acceptors (Lipinski definition) is 4. The Bertz CT molecular complexity index is 347. The molecule has 2 fully saturated rings. The van der Waals surface area contributed by atoms with Gasteiger partial charge in [-0.15, -0.1) is 0 Å². The molecule has 2 amide bonds. The van der Waals surface area contributed by atoms with E-state index in [0.717, 1.165) is 12.8 Å². The van der Waals surface area contributed by atoms with E-state index in [2.05, 4.69) is 5.32 Å². The van der Waals surface area contributed by atoms with Crippen molar-refractivity contribution in [3.05, 3.63) is 0 Å². The highest BCUT2D eigenvalue weighted by Gasteiger charge is 2.36. The van der Waals surface area contributed by atoms with Gasteiger partial charge in [0.2, 0.25) is 11.8 Å². The number of imide groups is 1. The fourth-order valence-corrected chi connectivity index (χ4v) is 2.55. The van der Waals surface area contributed by atoms with E-state index in [1.807, 2.05) is 4.90 Å². The molecule has 0 aromatic heterocycles. The van der Waals surface area contributed by atoms with Gasteiger partial charge in [-0.1, -0.05) is 0 Å². The van der Waals surface area contributed by atoms with Crippen molar-refractivity contribution in [2.45, 2.75) is 31.7 Å². The molecular formula is C11H16N2O4. The summed E-state index contributed by atoms with van der Waals surface area (Å²) in [6.07, 6.45) is 2.00. The summed E-state index contributed by atoms with van der Waals surface area (Å²) in [5, 5.41) is 11.0. The number of carboxylic acids is 1. The maximum atomic E-state index is 11.5. The lowest BCUT2D eigenvalue weighted by Gasteiger charge is -2.33. The molecule has 0 saturated carbocycles. The molecule has 0 aromatic carbocycles. The van der Waals surface area contributed by atoms with Gasteiger partial charge in [-0.2, -0.15) is 0 Å². The fraction of sp³-hybridized carbons (Fsp3) is 0.727. The average Bonchev–Trinajstić information content (AvgIpc) is 2.58. The minimum Gasteiger partial charge on any atom is -0.481 e. The van der Waals surface area contributed by atoms with Gasteiger partial charge in [0.15, 0.2) is 0 Å². The van der Waals surface area contributed by atoms with Gasteiger partial charge in [0, 0.05) is 6.42 Å². The van der Waals surface area contributed by atoms with Crippen LogP contribution in [-0.4, -0.2) is 46.9 Å². The second kappa shape index (κ2) is 4.83. The van der Waals surface area contributed by atoms with Crippen molar-refractivity contribution in [1.29, 1.82) is 0 Å². The molecule has 17 heavy (non-hydrogen) atoms. The van der Waals surface area contributed by atoms with Gasteiger partial charge < -0.3 is 5.11 Å². The van der Waals surface area contributed by atoms with Crippen LogP contribution in [0, 0.1) is 5.92 Å². The lowest BCUT2D eigenvalue weighted by atomic mass is 9.92. The minimum absolute atomic E-state index is 0.198. The first kappa shape index (κ1) is 12.0. The Labute approximate surface area is 99.0 Å². The summed E-state index contributed by atoms with van der Waals surface area (Å²) in [6.45, 7) is 1.40. The van der Waals surface area contributed by atoms with Crippen molar-refractivity contribution < 1.29 is 19.5 Å². The Morgan fingerprint density at radius 2 is 2.00 bits per heavy atom. The average molecular weight is 240 g/mol. The molecule has 6 heteroatoms. The molecular weight excluding hydrogens is 224 g/mol. The Hall–Kier alpha value is -1.43. The van der Waals surface area contributed by atoms with E-state index >= 15 is 0 Å². The summed E-state index contributed by atoms with van der Waals surface area (Å²) in [6, 6.07) is -0.340. The zero-order valence-corrected chi connectivity index (χ0v) is 9.52. The number of hydrogen-bond donors (Lipinski definition) is 2. The predicted octanol–water partition coefficient (Wildman–Crippen LogP) is -0.412. The number of likely N-dealkylation sites (tertiary alicyclic amines) is 1. The Balaban J connectivity index is 1.85. The van der Waals surface area contributed by atoms with Crippen molar-refractivity contribution in [1.82, 2.24) is 10.2 Å². The van der Waals surface area contributed by atoms with Crippen LogP contribution in [0.25, 0.3) is 0 Å². The first-order valence-electron chi connectivity index (χ1n) is 5.86. The molecule has 0 radical (unpaired) electrons. The molecule has 0 spiro atoms. The van der Waals surface area contributed by atoms with E-state index < -0.39 is 5.97 Å². The summed E-state index contributed by atoms with van der Waals surface area (Å²) >= 11 is 0. The third kappa shape index (κ3) is 2.82. The number of nitrogens with one attached hydrogen (secondary N) is 1. The van der Waals surface area contributed by atoms with Gasteiger partial charge in [-0.05, 0) is 31.8 Å². The smallest absolute Gasteiger partial charge is 0.303 e. The van der Waals surface area contributed by atoms with Crippen LogP contribution in [0.4, 0.5) is 0 Å². The van der Waals surface area contributed by atoms with Crippen LogP contribution in [0.15, 0.2) is 0 Å². The zero-order chi connectivity index (χ0) is 12.4. The highest BCUT2D eigenvalue weighted by Crippen LogP contribution is 2.23. The summed E-state index contributed by atoms with van der Waals surface area (Å²) in [4.78, 5) is 35.1. The van der Waals surface area contributed by atoms with Gasteiger partial charge in [-0.3, -0.25) is 24.6 Å². The number of piperidine rings is 1. The number of rotatable bonds is 3. The SMILES string of the molecule is O=C(O)CC1CCN(C2CC(=O)NC2=O)CC1. The van der Waals surface area contributed by atoms with Crippen LogP contribution in [0.5, 0.6) is 0 Å². The quantitative estimate of drug-likeness (QED) is 0.655. The van der Waals surface area contributed by atoms with Crippen LogP contribution >= 0.6 is 0 Å². The number of carboxylic acid groups (broad SMARTS) is 1. The standard InChI is InChI=1S/C11H16N2O4/c14-9-6-8(11(17)12-9)13-3-1-7(2-4-13)5-10(15)16/h7-8H,1-6H2,(H,15,16)(H,12,14,17). The van der Waals surface area contributed by atoms with Crippen LogP contribution in [0.2, 0.25) is 0 Å². The second-order valence-corrected chi connectivity index (χ2v) is 4.71. The van der Waals surface area contributed by atoms with Gasteiger partial charge in [0.1, 0.15) is 0 Å². The number of aliphatic carboxylic acids is 1. The molecule has 1 unspecified atom stereocenters. The van der Waals surface area contributed by atoms with Crippen molar-refractivity contribution >= 4 is 17.8 Å². The van der Waals surface area contributed by atoms with Crippen molar-refractivity contribution in [2.24, 2.45) is 5.92 Å². The van der Waals surface area contributed by atoms with E-state index in [1.165, 1.54) is 0 Å². The van der Waals surface area contributed by atoms with E-state index in [-0.39, 0.29) is 36.6 Å². The normalized spacial score (nSPS) is 27.2. The van der Waals surface area contributed by atoms with E-state index in [0.29, 0.717) is 13.1 Å². The van der Waals surface area contributed by atoms with Crippen LogP contribution in [0.3, 0.4) is 0 Å². The molecule has 2 aliphatic heterocycles. The molecule has 2 aliphatic rings. The Morgan fingerprint density at radius 1 is 1.35 bits per heavy atom. The second-order valence-electron chi connectivity index (χ2n) is 4.71. The molecule has 2 heterocycles. The molecule has 1 atom stereocenters. The van der Waals surface area contributed by atoms with E-state index in [1.54, 1.807) is 0 Å². The summed E-state index contributed by atoms with van der Waals surface area (Å²) in [5.41, 5.74) is 0. The molecule has 0 bridgehead atoms. The van der Waals surface area contributed by atoms with Crippen molar-refractivity contribution in [2.75, 3.05) is 13.1 Å². The summed E-state index contributed by atoms with van der Waals surface area (Å²) in [5.74, 6) is -1.000. The monoisotopic (exact) mass is 240 g/mol. The maximum absolute atomic E-state index is 11.5. The topological polar surface area (TPSA) is 86.7 Å². The first-order valence-corrected chi connectivity index (χ1v) is 5.86. The zero-order valence-electron chi connectivity index (χ0n) is 9.52. The van der Waals surface area contributed by atoms with Gasteiger partial charge >= 0.3 is 5.97 Å². The van der Waals surface area contributed by atoms with E-state index in [9.17, 15) is 14.4 Å². The van der Waals surface area contributed by atoms with Gasteiger partial charge in [-0.25, -0.2) is 0 Å². The van der Waals surface area contributed by atoms with Gasteiger partial charge in [0.25, 0.3) is 0 Å². The number of amides is 2. The molecule has 6 nitrogen and oxygen atoms in total. The maximum Gasteiger partial charge on any atom is 0.303 e. The van der Waals surface area contributed by atoms with Crippen LogP contribution in [-0.2, 0) is 14.4 Å². The Kier molecular flexibility index (Phi) is 3.42. The number of carbonyl (C=O) groups excluding carboxylic acids is 2. The number of carbonyl (C=O) groups is 3. The largest absolute Gasteiger partial charge is 0.481 e. The highest BCUT2D eigenvalue weighted by molar-refractivity contribution is 6.05. The molecule has 0 aliphatic carbocycles. The minimum atomic E-state index is -0.766. The van der Waals surface area contributed by atoms with Crippen molar-refractivity contribution in [3.63, 3.8) is 0 Å². The number of nitrogens with zero attached hydrogens (tertiary/aromatic N) is 1.